The molecule has 1 atom stereocenters. The molecule has 0 saturated heterocycles. The molecule has 1 heterocycles. The number of hydrogen-bond acceptors (Lipinski definition) is 4. The molecule has 0 fully saturated rings. The van der Waals surface area contributed by atoms with E-state index in [-0.39, 0.29) is 12.3 Å². The predicted octanol–water partition coefficient (Wildman–Crippen LogP) is 3.11. The fourth-order valence-corrected chi connectivity index (χ4v) is 2.55. The Kier molecular flexibility index (Phi) is 6.43. The minimum Gasteiger partial charge on any atom is -0.494 e. The lowest BCUT2D eigenvalue weighted by Crippen LogP contribution is -2.34. The van der Waals surface area contributed by atoms with Crippen LogP contribution < -0.4 is 10.1 Å². The van der Waals surface area contributed by atoms with Crippen LogP contribution in [0, 0.1) is 5.92 Å². The third-order valence-electron chi connectivity index (χ3n) is 3.40. The first kappa shape index (κ1) is 18.1. The number of benzene rings is 1. The summed E-state index contributed by atoms with van der Waals surface area (Å²) >= 11 is 3.19. The molecule has 2 N–H and O–H groups in total. The van der Waals surface area contributed by atoms with Crippen molar-refractivity contribution in [1.82, 2.24) is 5.32 Å². The molecule has 2 rings (SSSR count). The first-order chi connectivity index (χ1) is 11.5. The lowest BCUT2D eigenvalue weighted by Gasteiger charge is -2.13. The molecule has 2 aromatic rings. The fourth-order valence-electron chi connectivity index (χ4n) is 2.17. The summed E-state index contributed by atoms with van der Waals surface area (Å²) in [6, 6.07) is 8.85. The standard InChI is InChI=1S/C17H18BrNO5/c1-2-23-13-5-3-11(4-6-13)9-12(17(21)22)10-19-16(20)15-14(18)7-8-24-15/h3-8,12H,2,9-10H2,1H3,(H,19,20)(H,21,22). The van der Waals surface area contributed by atoms with Crippen molar-refractivity contribution in [3.05, 3.63) is 52.4 Å². The molecule has 0 aliphatic heterocycles. The lowest BCUT2D eigenvalue weighted by molar-refractivity contribution is -0.141. The molecule has 6 nitrogen and oxygen atoms in total. The van der Waals surface area contributed by atoms with E-state index in [2.05, 4.69) is 21.2 Å². The third kappa shape index (κ3) is 4.86. The Morgan fingerprint density at radius 2 is 2.00 bits per heavy atom. The average Bonchev–Trinajstić information content (AvgIpc) is 2.99. The van der Waals surface area contributed by atoms with Crippen LogP contribution in [0.4, 0.5) is 0 Å². The van der Waals surface area contributed by atoms with Crippen LogP contribution in [0.25, 0.3) is 0 Å². The van der Waals surface area contributed by atoms with E-state index in [0.29, 0.717) is 17.5 Å². The third-order valence-corrected chi connectivity index (χ3v) is 4.02. The monoisotopic (exact) mass is 395 g/mol. The molecule has 0 saturated carbocycles. The molecule has 0 bridgehead atoms. The summed E-state index contributed by atoms with van der Waals surface area (Å²) in [5.41, 5.74) is 0.860. The van der Waals surface area contributed by atoms with Gasteiger partial charge in [0.05, 0.1) is 23.3 Å². The summed E-state index contributed by atoms with van der Waals surface area (Å²) in [4.78, 5) is 23.4. The molecule has 1 unspecified atom stereocenters. The highest BCUT2D eigenvalue weighted by Crippen LogP contribution is 2.18. The summed E-state index contributed by atoms with van der Waals surface area (Å²) < 4.78 is 10.9. The van der Waals surface area contributed by atoms with Gasteiger partial charge in [0.2, 0.25) is 5.76 Å². The van der Waals surface area contributed by atoms with Crippen molar-refractivity contribution in [2.45, 2.75) is 13.3 Å². The number of aliphatic carboxylic acids is 1. The quantitative estimate of drug-likeness (QED) is 0.716. The molecule has 0 aliphatic carbocycles. The van der Waals surface area contributed by atoms with Crippen LogP contribution in [0.3, 0.4) is 0 Å². The number of carbonyl (C=O) groups is 2. The van der Waals surface area contributed by atoms with Crippen LogP contribution in [-0.2, 0) is 11.2 Å². The highest BCUT2D eigenvalue weighted by molar-refractivity contribution is 9.10. The SMILES string of the molecule is CCOc1ccc(CC(CNC(=O)c2occc2Br)C(=O)O)cc1. The Morgan fingerprint density at radius 1 is 1.29 bits per heavy atom. The molecule has 1 aromatic carbocycles. The fraction of sp³-hybridized carbons (Fsp3) is 0.294. The maximum absolute atomic E-state index is 12.0. The van der Waals surface area contributed by atoms with E-state index in [1.807, 2.05) is 19.1 Å². The van der Waals surface area contributed by atoms with Crippen LogP contribution in [-0.4, -0.2) is 30.1 Å². The van der Waals surface area contributed by atoms with Crippen LogP contribution >= 0.6 is 15.9 Å². The predicted molar refractivity (Wildman–Crippen MR) is 91.2 cm³/mol. The number of carboxylic acid groups (broad SMARTS) is 1. The van der Waals surface area contributed by atoms with E-state index in [1.165, 1.54) is 6.26 Å². The number of amides is 1. The number of hydrogen-bond donors (Lipinski definition) is 2. The molecule has 0 spiro atoms. The van der Waals surface area contributed by atoms with Gasteiger partial charge in [-0.25, -0.2) is 0 Å². The van der Waals surface area contributed by atoms with Gasteiger partial charge in [0.25, 0.3) is 5.91 Å². The zero-order chi connectivity index (χ0) is 17.5. The van der Waals surface area contributed by atoms with Crippen LogP contribution in [0.5, 0.6) is 5.75 Å². The number of carbonyl (C=O) groups excluding carboxylic acids is 1. The van der Waals surface area contributed by atoms with E-state index >= 15 is 0 Å². The molecular weight excluding hydrogens is 378 g/mol. The molecule has 1 amide bonds. The normalized spacial score (nSPS) is 11.8. The van der Waals surface area contributed by atoms with Crippen molar-refractivity contribution in [3.8, 4) is 5.75 Å². The van der Waals surface area contributed by atoms with Crippen molar-refractivity contribution in [1.29, 1.82) is 0 Å². The molecule has 0 radical (unpaired) electrons. The Morgan fingerprint density at radius 3 is 2.54 bits per heavy atom. The van der Waals surface area contributed by atoms with Gasteiger partial charge in [0, 0.05) is 6.54 Å². The van der Waals surface area contributed by atoms with E-state index in [0.717, 1.165) is 11.3 Å². The molecular formula is C17H18BrNO5. The van der Waals surface area contributed by atoms with Crippen molar-refractivity contribution >= 4 is 27.8 Å². The highest BCUT2D eigenvalue weighted by atomic mass is 79.9. The van der Waals surface area contributed by atoms with E-state index in [4.69, 9.17) is 9.15 Å². The Bertz CT molecular complexity index is 695. The molecule has 128 valence electrons. The number of nitrogens with one attached hydrogen (secondary N) is 1. The van der Waals surface area contributed by atoms with E-state index in [9.17, 15) is 14.7 Å². The average molecular weight is 396 g/mol. The largest absolute Gasteiger partial charge is 0.494 e. The van der Waals surface area contributed by atoms with Gasteiger partial charge in [0.15, 0.2) is 0 Å². The summed E-state index contributed by atoms with van der Waals surface area (Å²) in [7, 11) is 0. The number of rotatable bonds is 8. The number of furan rings is 1. The van der Waals surface area contributed by atoms with Gasteiger partial charge in [-0.15, -0.1) is 0 Å². The first-order valence-corrected chi connectivity index (χ1v) is 8.26. The van der Waals surface area contributed by atoms with Gasteiger partial charge in [-0.05, 0) is 53.0 Å². The molecule has 7 heteroatoms. The smallest absolute Gasteiger partial charge is 0.308 e. The molecule has 24 heavy (non-hydrogen) atoms. The van der Waals surface area contributed by atoms with E-state index in [1.54, 1.807) is 18.2 Å². The summed E-state index contributed by atoms with van der Waals surface area (Å²) in [5, 5.41) is 12.0. The van der Waals surface area contributed by atoms with Gasteiger partial charge < -0.3 is 19.6 Å². The van der Waals surface area contributed by atoms with Crippen LogP contribution in [0.2, 0.25) is 0 Å². The van der Waals surface area contributed by atoms with Gasteiger partial charge in [-0.2, -0.15) is 0 Å². The Balaban J connectivity index is 1.95. The number of carboxylic acids is 1. The minimum atomic E-state index is -0.970. The van der Waals surface area contributed by atoms with Gasteiger partial charge in [-0.1, -0.05) is 12.1 Å². The number of halogens is 1. The summed E-state index contributed by atoms with van der Waals surface area (Å²) in [6.45, 7) is 2.48. The molecule has 1 aromatic heterocycles. The Hall–Kier alpha value is -2.28. The number of ether oxygens (including phenoxy) is 1. The van der Waals surface area contributed by atoms with Gasteiger partial charge in [0.1, 0.15) is 5.75 Å². The van der Waals surface area contributed by atoms with Crippen LogP contribution in [0.1, 0.15) is 23.0 Å². The van der Waals surface area contributed by atoms with Crippen molar-refractivity contribution < 1.29 is 23.8 Å². The van der Waals surface area contributed by atoms with Gasteiger partial charge >= 0.3 is 5.97 Å². The van der Waals surface area contributed by atoms with Crippen LogP contribution in [0.15, 0.2) is 45.5 Å². The summed E-state index contributed by atoms with van der Waals surface area (Å²) in [5.74, 6) is -1.29. The van der Waals surface area contributed by atoms with Crippen molar-refractivity contribution in [2.24, 2.45) is 5.92 Å². The second-order valence-corrected chi connectivity index (χ2v) is 5.98. The van der Waals surface area contributed by atoms with Crippen molar-refractivity contribution in [3.63, 3.8) is 0 Å². The topological polar surface area (TPSA) is 88.8 Å². The maximum atomic E-state index is 12.0. The second kappa shape index (κ2) is 8.54. The zero-order valence-electron chi connectivity index (χ0n) is 13.1. The summed E-state index contributed by atoms with van der Waals surface area (Å²) in [6.07, 6.45) is 1.69. The second-order valence-electron chi connectivity index (χ2n) is 5.12. The lowest BCUT2D eigenvalue weighted by atomic mass is 9.99. The van der Waals surface area contributed by atoms with E-state index < -0.39 is 17.8 Å². The maximum Gasteiger partial charge on any atom is 0.308 e. The van der Waals surface area contributed by atoms with Crippen molar-refractivity contribution in [2.75, 3.05) is 13.2 Å². The first-order valence-electron chi connectivity index (χ1n) is 7.47. The van der Waals surface area contributed by atoms with Gasteiger partial charge in [-0.3, -0.25) is 9.59 Å². The highest BCUT2D eigenvalue weighted by Gasteiger charge is 2.21. The zero-order valence-corrected chi connectivity index (χ0v) is 14.7. The minimum absolute atomic E-state index is 0.00845. The Labute approximate surface area is 147 Å². The molecule has 0 aliphatic rings.